The van der Waals surface area contributed by atoms with Gasteiger partial charge in [-0.05, 0) is 50.6 Å². The number of rotatable bonds is 8. The van der Waals surface area contributed by atoms with Gasteiger partial charge in [0, 0.05) is 19.2 Å². The fourth-order valence-electron chi connectivity index (χ4n) is 2.00. The molecule has 106 valence electrons. The molecule has 19 heavy (non-hydrogen) atoms. The van der Waals surface area contributed by atoms with Crippen LogP contribution < -0.4 is 10.2 Å². The molecule has 0 bridgehead atoms. The van der Waals surface area contributed by atoms with Crippen molar-refractivity contribution in [2.45, 2.75) is 39.0 Å². The van der Waals surface area contributed by atoms with Crippen molar-refractivity contribution >= 4 is 11.6 Å². The van der Waals surface area contributed by atoms with Gasteiger partial charge in [0.25, 0.3) is 0 Å². The maximum atomic E-state index is 12.0. The Morgan fingerprint density at radius 3 is 2.47 bits per heavy atom. The summed E-state index contributed by atoms with van der Waals surface area (Å²) in [5.41, 5.74) is 2.33. The smallest absolute Gasteiger partial charge is 0.226 e. The molecule has 3 heteroatoms. The molecule has 0 radical (unpaired) electrons. The summed E-state index contributed by atoms with van der Waals surface area (Å²) in [5, 5.41) is 3.06. The van der Waals surface area contributed by atoms with E-state index in [0.29, 0.717) is 6.42 Å². The second kappa shape index (κ2) is 8.70. The zero-order chi connectivity index (χ0) is 14.1. The Morgan fingerprint density at radius 2 is 1.89 bits per heavy atom. The average molecular weight is 262 g/mol. The van der Waals surface area contributed by atoms with Gasteiger partial charge in [-0.2, -0.15) is 0 Å². The predicted molar refractivity (Wildman–Crippen MR) is 81.6 cm³/mol. The van der Waals surface area contributed by atoms with E-state index in [4.69, 9.17) is 0 Å². The Balaban J connectivity index is 2.51. The first-order valence-corrected chi connectivity index (χ1v) is 7.19. The van der Waals surface area contributed by atoms with E-state index in [1.807, 2.05) is 26.2 Å². The van der Waals surface area contributed by atoms with Gasteiger partial charge >= 0.3 is 0 Å². The molecule has 3 nitrogen and oxygen atoms in total. The van der Waals surface area contributed by atoms with Gasteiger partial charge in [0.15, 0.2) is 0 Å². The molecule has 1 N–H and O–H groups in total. The molecule has 0 fully saturated rings. The van der Waals surface area contributed by atoms with Crippen LogP contribution in [-0.2, 0) is 11.2 Å². The maximum Gasteiger partial charge on any atom is 0.226 e. The number of amides is 1. The van der Waals surface area contributed by atoms with Crippen LogP contribution >= 0.6 is 0 Å². The van der Waals surface area contributed by atoms with Crippen LogP contribution in [0.3, 0.4) is 0 Å². The highest BCUT2D eigenvalue weighted by Gasteiger charge is 2.09. The van der Waals surface area contributed by atoms with E-state index < -0.39 is 0 Å². The molecule has 0 saturated carbocycles. The van der Waals surface area contributed by atoms with Crippen LogP contribution in [0.5, 0.6) is 0 Å². The predicted octanol–water partition coefficient (Wildman–Crippen LogP) is 2.99. The molecular formula is C16H26N2O. The lowest BCUT2D eigenvalue weighted by Crippen LogP contribution is -2.26. The van der Waals surface area contributed by atoms with E-state index in [2.05, 4.69) is 24.4 Å². The van der Waals surface area contributed by atoms with Crippen LogP contribution in [0.1, 0.15) is 38.2 Å². The topological polar surface area (TPSA) is 32.3 Å². The van der Waals surface area contributed by atoms with Gasteiger partial charge < -0.3 is 10.2 Å². The molecule has 1 aromatic rings. The zero-order valence-electron chi connectivity index (χ0n) is 12.4. The highest BCUT2D eigenvalue weighted by Crippen LogP contribution is 2.16. The molecular weight excluding hydrogens is 236 g/mol. The number of carbonyl (C=O) groups excluding carboxylic acids is 1. The van der Waals surface area contributed by atoms with Gasteiger partial charge in [-0.25, -0.2) is 0 Å². The number of aryl methyl sites for hydroxylation is 1. The van der Waals surface area contributed by atoms with E-state index in [9.17, 15) is 4.79 Å². The molecule has 0 aliphatic carbocycles. The Hall–Kier alpha value is -1.35. The van der Waals surface area contributed by atoms with Crippen LogP contribution in [0.4, 0.5) is 5.69 Å². The number of unbranched alkanes of at least 4 members (excludes halogenated alkanes) is 1. The van der Waals surface area contributed by atoms with E-state index in [-0.39, 0.29) is 5.91 Å². The van der Waals surface area contributed by atoms with Gasteiger partial charge in [0.1, 0.15) is 0 Å². The van der Waals surface area contributed by atoms with Crippen molar-refractivity contribution in [2.75, 3.05) is 25.5 Å². The fraction of sp³-hybridized carbons (Fsp3) is 0.562. The molecule has 1 aromatic carbocycles. The second-order valence-corrected chi connectivity index (χ2v) is 4.93. The van der Waals surface area contributed by atoms with Gasteiger partial charge in [-0.1, -0.05) is 25.5 Å². The van der Waals surface area contributed by atoms with Crippen molar-refractivity contribution in [2.24, 2.45) is 0 Å². The highest BCUT2D eigenvalue weighted by molar-refractivity contribution is 5.92. The summed E-state index contributed by atoms with van der Waals surface area (Å²) in [4.78, 5) is 13.7. The third-order valence-electron chi connectivity index (χ3n) is 3.33. The minimum Gasteiger partial charge on any atom is -0.320 e. The first kappa shape index (κ1) is 15.7. The van der Waals surface area contributed by atoms with Crippen molar-refractivity contribution < 1.29 is 4.79 Å². The van der Waals surface area contributed by atoms with E-state index in [0.717, 1.165) is 25.1 Å². The van der Waals surface area contributed by atoms with E-state index in [1.165, 1.54) is 18.4 Å². The monoisotopic (exact) mass is 262 g/mol. The van der Waals surface area contributed by atoms with Crippen LogP contribution in [-0.4, -0.2) is 26.5 Å². The standard InChI is InChI=1S/C16H26N2O/c1-4-5-7-14-9-11-15(12-10-14)18(3)16(19)8-6-13-17-2/h9-12,17H,4-8,13H2,1-3H3. The van der Waals surface area contributed by atoms with Crippen molar-refractivity contribution in [3.05, 3.63) is 29.8 Å². The lowest BCUT2D eigenvalue weighted by molar-refractivity contribution is -0.118. The quantitative estimate of drug-likeness (QED) is 0.730. The molecule has 1 amide bonds. The summed E-state index contributed by atoms with van der Waals surface area (Å²) in [6.07, 6.45) is 5.03. The summed E-state index contributed by atoms with van der Waals surface area (Å²) in [7, 11) is 3.76. The van der Waals surface area contributed by atoms with Gasteiger partial charge in [0.2, 0.25) is 5.91 Å². The molecule has 0 heterocycles. The van der Waals surface area contributed by atoms with Gasteiger partial charge in [-0.3, -0.25) is 4.79 Å². The Bertz CT molecular complexity index is 373. The van der Waals surface area contributed by atoms with Crippen molar-refractivity contribution in [1.82, 2.24) is 5.32 Å². The van der Waals surface area contributed by atoms with E-state index >= 15 is 0 Å². The molecule has 0 aliphatic heterocycles. The number of anilines is 1. The number of nitrogens with zero attached hydrogens (tertiary/aromatic N) is 1. The molecule has 0 aliphatic rings. The van der Waals surface area contributed by atoms with Gasteiger partial charge in [0.05, 0.1) is 0 Å². The summed E-state index contributed by atoms with van der Waals surface area (Å²) in [5.74, 6) is 0.177. The second-order valence-electron chi connectivity index (χ2n) is 4.93. The summed E-state index contributed by atoms with van der Waals surface area (Å²) < 4.78 is 0. The van der Waals surface area contributed by atoms with Crippen LogP contribution in [0.25, 0.3) is 0 Å². The minimum absolute atomic E-state index is 0.177. The first-order valence-electron chi connectivity index (χ1n) is 7.19. The van der Waals surface area contributed by atoms with Crippen LogP contribution in [0, 0.1) is 0 Å². The first-order chi connectivity index (χ1) is 9.19. The van der Waals surface area contributed by atoms with Gasteiger partial charge in [-0.15, -0.1) is 0 Å². The average Bonchev–Trinajstić information content (AvgIpc) is 2.45. The maximum absolute atomic E-state index is 12.0. The number of hydrogen-bond donors (Lipinski definition) is 1. The number of hydrogen-bond acceptors (Lipinski definition) is 2. The fourth-order valence-corrected chi connectivity index (χ4v) is 2.00. The minimum atomic E-state index is 0.177. The summed E-state index contributed by atoms with van der Waals surface area (Å²) in [6, 6.07) is 8.34. The zero-order valence-corrected chi connectivity index (χ0v) is 12.4. The molecule has 0 aromatic heterocycles. The molecule has 0 saturated heterocycles. The van der Waals surface area contributed by atoms with Crippen molar-refractivity contribution in [3.63, 3.8) is 0 Å². The van der Waals surface area contributed by atoms with E-state index in [1.54, 1.807) is 4.90 Å². The SMILES string of the molecule is CCCCc1ccc(N(C)C(=O)CCCNC)cc1. The number of nitrogens with one attached hydrogen (secondary N) is 1. The lowest BCUT2D eigenvalue weighted by Gasteiger charge is -2.17. The molecule has 0 unspecified atom stereocenters. The summed E-state index contributed by atoms with van der Waals surface area (Å²) in [6.45, 7) is 3.08. The third kappa shape index (κ3) is 5.43. The van der Waals surface area contributed by atoms with Crippen molar-refractivity contribution in [3.8, 4) is 0 Å². The normalized spacial score (nSPS) is 10.5. The Morgan fingerprint density at radius 1 is 1.21 bits per heavy atom. The lowest BCUT2D eigenvalue weighted by atomic mass is 10.1. The third-order valence-corrected chi connectivity index (χ3v) is 3.33. The summed E-state index contributed by atoms with van der Waals surface area (Å²) >= 11 is 0. The van der Waals surface area contributed by atoms with Crippen LogP contribution in [0.2, 0.25) is 0 Å². The molecule has 1 rings (SSSR count). The Labute approximate surface area is 117 Å². The Kier molecular flexibility index (Phi) is 7.19. The van der Waals surface area contributed by atoms with Crippen LogP contribution in [0.15, 0.2) is 24.3 Å². The molecule has 0 atom stereocenters. The number of benzene rings is 1. The number of carbonyl (C=O) groups is 1. The highest BCUT2D eigenvalue weighted by atomic mass is 16.2. The molecule has 0 spiro atoms. The van der Waals surface area contributed by atoms with Crippen molar-refractivity contribution in [1.29, 1.82) is 0 Å². The largest absolute Gasteiger partial charge is 0.320 e.